The molecule has 23 atom stereocenters. The highest BCUT2D eigenvalue weighted by Crippen LogP contribution is 2.53. The van der Waals surface area contributed by atoms with Gasteiger partial charge >= 0.3 is 5.97 Å². The number of carbonyl (C=O) groups excluding carboxylic acids is 9. The highest BCUT2D eigenvalue weighted by Gasteiger charge is 2.54. The first kappa shape index (κ1) is 105. The third-order valence-electron chi connectivity index (χ3n) is 25.7. The third kappa shape index (κ3) is 23.8. The summed E-state index contributed by atoms with van der Waals surface area (Å²) in [6.07, 6.45) is -28.7. The molecule has 22 N–H and O–H groups in total. The topological polar surface area (TPSA) is 638 Å². The van der Waals surface area contributed by atoms with Crippen molar-refractivity contribution in [2.24, 2.45) is 11.7 Å². The van der Waals surface area contributed by atoms with E-state index in [0.717, 1.165) is 111 Å². The second-order valence-electron chi connectivity index (χ2n) is 36.6. The molecule has 7 aromatic rings. The lowest BCUT2D eigenvalue weighted by molar-refractivity contribution is -0.284. The number of Topliss-reactive ketones (excluding diaryl/α,β-unsaturated/α-hetero) is 3. The van der Waals surface area contributed by atoms with Gasteiger partial charge in [0.05, 0.1) is 46.2 Å². The van der Waals surface area contributed by atoms with Crippen molar-refractivity contribution >= 4 is 93.6 Å². The first-order valence-electron chi connectivity index (χ1n) is 45.8. The molecule has 41 nitrogen and oxygen atoms in total. The molecule has 17 bridgehead atoms. The van der Waals surface area contributed by atoms with Crippen LogP contribution in [0.4, 0.5) is 0 Å². The molecule has 0 unspecified atom stereocenters. The summed E-state index contributed by atoms with van der Waals surface area (Å²) in [6, 6.07) is 5.71. The van der Waals surface area contributed by atoms with Gasteiger partial charge < -0.3 is 157 Å². The molecule has 16 rings (SSSR count). The van der Waals surface area contributed by atoms with Crippen molar-refractivity contribution in [2.75, 3.05) is 33.9 Å². The molecule has 7 aromatic carbocycles. The van der Waals surface area contributed by atoms with Gasteiger partial charge in [0.1, 0.15) is 138 Å². The fourth-order valence-corrected chi connectivity index (χ4v) is 18.8. The lowest BCUT2D eigenvalue weighted by Crippen LogP contribution is -2.66. The van der Waals surface area contributed by atoms with Gasteiger partial charge in [0.25, 0.3) is 0 Å². The second kappa shape index (κ2) is 45.3. The SMILES string of the molecule is CC(=O)N[C@H]1[C@H](O[C@@H]2c3ccc(c(Cl)c3)Oc3cc4cc(c3O[C@@H]3O[C@H](C(=O)O)[C@@H](O)[C@H](O)[C@H]3NC(=O)CCCCCCCC(C)C)Oc3ccc(cc3Cl)C[C@H]3NC(=O)[C@H](N)c5ccc(O)c(c5)Oc5cc(O)c(Cl)c(c5)[C@H](CC3=O)C(=O)N[C@H]4C(=O)C[C@H]3C(=O)N[C@@H]2C(=O)N[C@@H](C(=O)CCCCN(C)C)c2cc(O)cc(O[C@H]4O[C@H](CO)[C@@H](O)[C@H](O)[C@@H]4O)c2-c2cc3ccc2O)O[C@H](CO)[C@@H](O)[C@@H]1O. The Kier molecular flexibility index (Phi) is 33.8. The molecule has 0 radical (unpaired) electrons. The summed E-state index contributed by atoms with van der Waals surface area (Å²) in [5.74, 6) is -23.4. The number of nitrogens with two attached hydrogens (primary N) is 1. The molecule has 758 valence electrons. The van der Waals surface area contributed by atoms with Gasteiger partial charge in [-0.1, -0.05) is 105 Å². The predicted octanol–water partition coefficient (Wildman–Crippen LogP) is 5.14. The number of aliphatic hydroxyl groups excluding tert-OH is 9. The second-order valence-corrected chi connectivity index (χ2v) is 37.8. The Morgan fingerprint density at radius 3 is 1.82 bits per heavy atom. The number of fused-ring (bicyclic) bond motifs is 14. The van der Waals surface area contributed by atoms with Crippen LogP contribution in [0.25, 0.3) is 11.1 Å². The van der Waals surface area contributed by atoms with Crippen molar-refractivity contribution in [3.8, 4) is 80.1 Å². The Morgan fingerprint density at radius 1 is 0.532 bits per heavy atom. The number of hydrogen-bond donors (Lipinski definition) is 21. The van der Waals surface area contributed by atoms with E-state index in [-0.39, 0.29) is 51.6 Å². The van der Waals surface area contributed by atoms with E-state index >= 15 is 28.8 Å². The number of ether oxygens (including phenoxy) is 9. The van der Waals surface area contributed by atoms with Crippen molar-refractivity contribution in [1.82, 2.24) is 36.8 Å². The number of benzene rings is 7. The number of halogens is 3. The Bertz CT molecular complexity index is 5880. The van der Waals surface area contributed by atoms with Gasteiger partial charge in [-0.3, -0.25) is 43.2 Å². The van der Waals surface area contributed by atoms with Crippen molar-refractivity contribution in [3.63, 3.8) is 0 Å². The number of carboxylic acids is 1. The Morgan fingerprint density at radius 2 is 1.15 bits per heavy atom. The zero-order chi connectivity index (χ0) is 102. The molecule has 9 aliphatic rings. The predicted molar refractivity (Wildman–Crippen MR) is 496 cm³/mol. The van der Waals surface area contributed by atoms with E-state index < -0.39 is 333 Å². The summed E-state index contributed by atoms with van der Waals surface area (Å²) in [4.78, 5) is 157. The van der Waals surface area contributed by atoms with E-state index in [2.05, 4.69) is 45.7 Å². The number of nitrogens with zero attached hydrogens (tertiary/aromatic N) is 1. The number of ketones is 3. The van der Waals surface area contributed by atoms with Crippen molar-refractivity contribution in [1.29, 1.82) is 0 Å². The molecule has 3 fully saturated rings. The molecule has 0 spiro atoms. The van der Waals surface area contributed by atoms with Gasteiger partial charge in [0.15, 0.2) is 52.7 Å². The molecule has 44 heteroatoms. The summed E-state index contributed by atoms with van der Waals surface area (Å²) in [6.45, 7) is 3.50. The van der Waals surface area contributed by atoms with Gasteiger partial charge in [-0.15, -0.1) is 0 Å². The highest BCUT2D eigenvalue weighted by molar-refractivity contribution is 6.33. The van der Waals surface area contributed by atoms with Crippen LogP contribution in [0.5, 0.6) is 69.0 Å². The van der Waals surface area contributed by atoms with Crippen LogP contribution in [-0.2, 0) is 73.3 Å². The van der Waals surface area contributed by atoms with E-state index in [0.29, 0.717) is 31.7 Å². The smallest absolute Gasteiger partial charge is 0.335 e. The molecular formula is C97H111Cl3N8O33. The summed E-state index contributed by atoms with van der Waals surface area (Å²) in [5, 5.41) is 176. The normalized spacial score (nSPS) is 28.0. The summed E-state index contributed by atoms with van der Waals surface area (Å²) in [7, 11) is 3.52. The van der Waals surface area contributed by atoms with Crippen molar-refractivity contribution in [3.05, 3.63) is 163 Å². The molecule has 0 aromatic heterocycles. The van der Waals surface area contributed by atoms with E-state index in [1.165, 1.54) is 30.3 Å². The minimum Gasteiger partial charge on any atom is -0.508 e. The lowest BCUT2D eigenvalue weighted by atomic mass is 9.84. The lowest BCUT2D eigenvalue weighted by Gasteiger charge is -2.44. The Balaban J connectivity index is 1.05. The Hall–Kier alpha value is -11.7. The van der Waals surface area contributed by atoms with Crippen LogP contribution in [0.15, 0.2) is 109 Å². The number of aliphatic carboxylic acids is 1. The van der Waals surface area contributed by atoms with Crippen LogP contribution in [0, 0.1) is 5.92 Å². The number of hydrogen-bond acceptors (Lipinski definition) is 34. The number of carbonyl (C=O) groups is 10. The third-order valence-corrected chi connectivity index (χ3v) is 26.7. The summed E-state index contributed by atoms with van der Waals surface area (Å²) < 4.78 is 58.1. The van der Waals surface area contributed by atoms with Crippen LogP contribution in [0.1, 0.15) is 173 Å². The fraction of sp³-hybridized carbons (Fsp3) is 0.464. The summed E-state index contributed by atoms with van der Waals surface area (Å²) >= 11 is 22.0. The van der Waals surface area contributed by atoms with Gasteiger partial charge in [-0.05, 0) is 164 Å². The van der Waals surface area contributed by atoms with Gasteiger partial charge in [-0.25, -0.2) is 4.79 Å². The number of carboxylic acid groups (broad SMARTS) is 1. The number of aromatic hydroxyl groups is 4. The van der Waals surface area contributed by atoms with E-state index in [9.17, 15) is 90.7 Å². The maximum atomic E-state index is 17.4. The van der Waals surface area contributed by atoms with Crippen molar-refractivity contribution < 1.29 is 162 Å². The molecule has 9 aliphatic heterocycles. The average molecular weight is 2020 g/mol. The number of nitrogens with one attached hydrogen (secondary N) is 6. The van der Waals surface area contributed by atoms with Crippen molar-refractivity contribution in [2.45, 2.75) is 244 Å². The number of aliphatic hydroxyl groups is 9. The van der Waals surface area contributed by atoms with Crippen LogP contribution >= 0.6 is 34.8 Å². The molecule has 3 saturated heterocycles. The maximum Gasteiger partial charge on any atom is 0.335 e. The summed E-state index contributed by atoms with van der Waals surface area (Å²) in [5.41, 5.74) is 3.62. The van der Waals surface area contributed by atoms with Crippen LogP contribution < -0.4 is 61.3 Å². The number of phenolic OH excluding ortho intramolecular Hbond substituents is 4. The number of phenols is 4. The number of amides is 6. The monoisotopic (exact) mass is 2020 g/mol. The average Bonchev–Trinajstić information content (AvgIpc) is 0.752. The molecule has 6 amide bonds. The zero-order valence-corrected chi connectivity index (χ0v) is 79.0. The minimum atomic E-state index is -2.48. The van der Waals surface area contributed by atoms with Gasteiger partial charge in [-0.2, -0.15) is 0 Å². The van der Waals surface area contributed by atoms with E-state index in [1.807, 2.05) is 4.90 Å². The molecular weight excluding hydrogens is 1910 g/mol. The first-order chi connectivity index (χ1) is 67.1. The minimum absolute atomic E-state index is 0.0219. The molecule has 9 heterocycles. The zero-order valence-electron chi connectivity index (χ0n) is 76.7. The Labute approximate surface area is 821 Å². The molecule has 0 saturated carbocycles. The largest absolute Gasteiger partial charge is 0.508 e. The standard InChI is InChI=1S/C97H111Cl3N8O33/c1-40(2)13-9-7-6-8-10-15-71(119)104-78-83(123)85(125)89(94(131)132)141-96(78)140-88-67-30-46-31-68(88)135-64-23-19-45(28-55(64)99)87(139-95-77(102-41(3)111)82(122)80(120)69(38-109)137-95)79-93(130)106-76(59(115)14-11-12-24-108(4)5)53-32-47(112)33-66(136-97-86(126)84(124)81(121)70(39-110)138-97)72(53)52-27-43(17-20-57(52)113)49(90(127)107-79)36-62(118)75(46)105-91(128)51-37-60(116)56(26-42-16-22-63(134-67)54(98)25-42)103-92(129)74(101)44-18-21-58(114)65(29-44)133-48-34-50(51)73(100)61(117)35-48/h16-23,25,27-35,40,49,51,56,69-70,74-87,89,95-97,109-110,112-114,117,120-126H,6-15,24,26,36-39,101H2,1-5H3,(H,102,111)(H,103,129)(H,104,119)(H,105,128)(H,106,130)(H,107,127)(H,131,132)/t49-,51+,56-,69-,70-,74-,75-,76-,77-,78-,79+,80-,81-,82-,83-,84+,85+,86+,87-,89+,95+,96-,97+/m1/s1. The first-order valence-corrected chi connectivity index (χ1v) is 47.0. The molecule has 0 aliphatic carbocycles. The van der Waals surface area contributed by atoms with E-state index in [4.69, 9.17) is 83.2 Å². The van der Waals surface area contributed by atoms with Crippen LogP contribution in [0.3, 0.4) is 0 Å². The highest BCUT2D eigenvalue weighted by atomic mass is 35.5. The molecule has 141 heavy (non-hydrogen) atoms. The van der Waals surface area contributed by atoms with Gasteiger partial charge in [0.2, 0.25) is 53.8 Å². The van der Waals surface area contributed by atoms with Crippen LogP contribution in [0.2, 0.25) is 15.1 Å². The maximum absolute atomic E-state index is 17.4. The fourth-order valence-electron chi connectivity index (χ4n) is 18.1. The number of unbranched alkanes of at least 4 members (excludes halogenated alkanes) is 5. The number of rotatable bonds is 25. The quantitative estimate of drug-likeness (QED) is 0.0329. The van der Waals surface area contributed by atoms with Gasteiger partial charge in [0, 0.05) is 55.9 Å². The van der Waals surface area contributed by atoms with E-state index in [1.54, 1.807) is 14.1 Å². The van der Waals surface area contributed by atoms with Crippen LogP contribution in [-0.4, -0.2) is 273 Å².